The van der Waals surface area contributed by atoms with Gasteiger partial charge in [-0.3, -0.25) is 0 Å². The summed E-state index contributed by atoms with van der Waals surface area (Å²) in [5.41, 5.74) is 17.1. The Morgan fingerprint density at radius 2 is 1.10 bits per heavy atom. The van der Waals surface area contributed by atoms with Crippen LogP contribution < -0.4 is 9.80 Å². The molecule has 3 aliphatic rings. The Hall–Kier alpha value is -7.16. The molecule has 0 aliphatic heterocycles. The molecular formula is C58H50N2. The zero-order chi connectivity index (χ0) is 40.9. The van der Waals surface area contributed by atoms with Crippen LogP contribution in [0.4, 0.5) is 28.4 Å². The first kappa shape index (κ1) is 38.4. The number of fused-ring (bicyclic) bond motifs is 4. The molecule has 0 radical (unpaired) electrons. The normalized spacial score (nSPS) is 17.0. The molecule has 0 heterocycles. The number of nitrogens with zero attached hydrogens (tertiary/aromatic N) is 2. The summed E-state index contributed by atoms with van der Waals surface area (Å²) in [4.78, 5) is 4.91. The molecule has 10 rings (SSSR count). The third kappa shape index (κ3) is 6.74. The molecule has 60 heavy (non-hydrogen) atoms. The maximum absolute atomic E-state index is 4.48. The predicted molar refractivity (Wildman–Crippen MR) is 256 cm³/mol. The monoisotopic (exact) mass is 774 g/mol. The number of hydrogen-bond donors (Lipinski definition) is 0. The molecule has 0 amide bonds. The van der Waals surface area contributed by atoms with Crippen LogP contribution in [0.15, 0.2) is 231 Å². The van der Waals surface area contributed by atoms with Crippen LogP contribution >= 0.6 is 0 Å². The van der Waals surface area contributed by atoms with E-state index >= 15 is 0 Å². The topological polar surface area (TPSA) is 6.48 Å². The van der Waals surface area contributed by atoms with Gasteiger partial charge in [0.15, 0.2) is 0 Å². The van der Waals surface area contributed by atoms with Gasteiger partial charge in [-0.15, -0.1) is 0 Å². The molecule has 0 aromatic heterocycles. The summed E-state index contributed by atoms with van der Waals surface area (Å²) >= 11 is 0. The van der Waals surface area contributed by atoms with E-state index in [1.165, 1.54) is 50.2 Å². The number of para-hydroxylation sites is 3. The average Bonchev–Trinajstić information content (AvgIpc) is 3.62. The second kappa shape index (κ2) is 17.0. The maximum Gasteiger partial charge on any atom is 0.0715 e. The highest BCUT2D eigenvalue weighted by Gasteiger charge is 2.48. The van der Waals surface area contributed by atoms with E-state index in [4.69, 9.17) is 0 Å². The summed E-state index contributed by atoms with van der Waals surface area (Å²) in [6.07, 6.45) is 18.5. The molecule has 1 unspecified atom stereocenters. The number of hydrogen-bond acceptors (Lipinski definition) is 2. The van der Waals surface area contributed by atoms with E-state index in [0.717, 1.165) is 53.3 Å². The second-order valence-electron chi connectivity index (χ2n) is 15.2. The lowest BCUT2D eigenvalue weighted by atomic mass is 9.67. The summed E-state index contributed by atoms with van der Waals surface area (Å²) < 4.78 is 0. The van der Waals surface area contributed by atoms with Crippen LogP contribution in [-0.4, -0.2) is 0 Å². The fourth-order valence-corrected chi connectivity index (χ4v) is 9.36. The van der Waals surface area contributed by atoms with Crippen LogP contribution in [0.25, 0.3) is 16.7 Å². The quantitative estimate of drug-likeness (QED) is 0.152. The fourth-order valence-electron chi connectivity index (χ4n) is 9.36. The first-order chi connectivity index (χ1) is 29.7. The Balaban J connectivity index is 0.00000228. The van der Waals surface area contributed by atoms with Crippen LogP contribution in [0.2, 0.25) is 0 Å². The molecule has 2 nitrogen and oxygen atoms in total. The van der Waals surface area contributed by atoms with Gasteiger partial charge < -0.3 is 9.80 Å². The van der Waals surface area contributed by atoms with Gasteiger partial charge in [0.25, 0.3) is 0 Å². The highest BCUT2D eigenvalue weighted by Crippen LogP contribution is 2.61. The van der Waals surface area contributed by atoms with Gasteiger partial charge in [0.1, 0.15) is 0 Å². The molecule has 0 bridgehead atoms. The summed E-state index contributed by atoms with van der Waals surface area (Å²) in [7, 11) is 0. The molecule has 1 atom stereocenters. The predicted octanol–water partition coefficient (Wildman–Crippen LogP) is 15.6. The van der Waals surface area contributed by atoms with Gasteiger partial charge in [-0.05, 0) is 118 Å². The SMILES string of the molecule is C=C1/C=C\C=C/Cc2cc(C3(c4ccccc4)c4ccccc4-c4c(N(c5ccccc5)c5ccccc5)cc(N(C5=CCCC=C5)c5ccccc5)cc43)ccc21.CC. The molecule has 7 aromatic carbocycles. The number of allylic oxidation sites excluding steroid dienone is 8. The third-order valence-electron chi connectivity index (χ3n) is 11.9. The van der Waals surface area contributed by atoms with Crippen molar-refractivity contribution in [3.05, 3.63) is 264 Å². The van der Waals surface area contributed by atoms with Crippen molar-refractivity contribution >= 4 is 34.0 Å². The first-order valence-electron chi connectivity index (χ1n) is 21.3. The van der Waals surface area contributed by atoms with Crippen LogP contribution in [0, 0.1) is 0 Å². The van der Waals surface area contributed by atoms with E-state index in [1.54, 1.807) is 0 Å². The molecular weight excluding hydrogens is 725 g/mol. The van der Waals surface area contributed by atoms with Gasteiger partial charge in [-0.2, -0.15) is 0 Å². The van der Waals surface area contributed by atoms with Crippen LogP contribution in [-0.2, 0) is 11.8 Å². The van der Waals surface area contributed by atoms with Crippen molar-refractivity contribution in [2.24, 2.45) is 0 Å². The van der Waals surface area contributed by atoms with Gasteiger partial charge in [-0.25, -0.2) is 0 Å². The Morgan fingerprint density at radius 1 is 0.483 bits per heavy atom. The standard InChI is InChI=1S/C56H44N2.C2H6/c1-41-22-8-2-9-23-42-38-44(36-37-50(41)42)56(43-24-10-3-11-25-43)52-35-21-20-34-51(52)55-53(56)39-49(57(45-26-12-4-13-27-45)46-28-14-5-15-29-46)40-54(55)58(47-30-16-6-17-31-47)48-32-18-7-19-33-48;1-2/h2-4,6-14,16-22,24-40H,1,5,15,23H2;1-2H3/b9-2-,22-8-;. The minimum atomic E-state index is -0.644. The van der Waals surface area contributed by atoms with E-state index in [1.807, 2.05) is 13.8 Å². The van der Waals surface area contributed by atoms with Gasteiger partial charge in [0, 0.05) is 34.0 Å². The van der Waals surface area contributed by atoms with Crippen molar-refractivity contribution < 1.29 is 0 Å². The Bertz CT molecular complexity index is 2720. The molecule has 0 saturated heterocycles. The summed E-state index contributed by atoms with van der Waals surface area (Å²) in [6, 6.07) is 64.8. The fraction of sp³-hybridized carbons (Fsp3) is 0.103. The zero-order valence-electron chi connectivity index (χ0n) is 34.5. The Labute approximate surface area is 356 Å². The first-order valence-corrected chi connectivity index (χ1v) is 21.3. The summed E-state index contributed by atoms with van der Waals surface area (Å²) in [5, 5.41) is 0. The number of rotatable bonds is 8. The van der Waals surface area contributed by atoms with Crippen molar-refractivity contribution in [2.75, 3.05) is 9.80 Å². The Kier molecular flexibility index (Phi) is 10.9. The van der Waals surface area contributed by atoms with Crippen LogP contribution in [0.5, 0.6) is 0 Å². The van der Waals surface area contributed by atoms with Gasteiger partial charge in [0.05, 0.1) is 11.1 Å². The molecule has 0 saturated carbocycles. The molecule has 0 spiro atoms. The van der Waals surface area contributed by atoms with E-state index < -0.39 is 5.41 Å². The van der Waals surface area contributed by atoms with Crippen molar-refractivity contribution in [2.45, 2.75) is 38.5 Å². The number of benzene rings is 7. The van der Waals surface area contributed by atoms with E-state index in [9.17, 15) is 0 Å². The largest absolute Gasteiger partial charge is 0.311 e. The molecule has 0 fully saturated rings. The van der Waals surface area contributed by atoms with Crippen molar-refractivity contribution in [3.63, 3.8) is 0 Å². The average molecular weight is 775 g/mol. The summed E-state index contributed by atoms with van der Waals surface area (Å²) in [6.45, 7) is 8.48. The van der Waals surface area contributed by atoms with Crippen LogP contribution in [0.1, 0.15) is 60.1 Å². The van der Waals surface area contributed by atoms with Crippen LogP contribution in [0.3, 0.4) is 0 Å². The van der Waals surface area contributed by atoms with Gasteiger partial charge >= 0.3 is 0 Å². The zero-order valence-corrected chi connectivity index (χ0v) is 34.5. The van der Waals surface area contributed by atoms with E-state index in [-0.39, 0.29) is 0 Å². The number of anilines is 5. The molecule has 0 N–H and O–H groups in total. The highest BCUT2D eigenvalue weighted by atomic mass is 15.2. The lowest BCUT2D eigenvalue weighted by molar-refractivity contribution is 0.766. The highest BCUT2D eigenvalue weighted by molar-refractivity contribution is 6.00. The molecule has 3 aliphatic carbocycles. The van der Waals surface area contributed by atoms with Crippen molar-refractivity contribution in [3.8, 4) is 11.1 Å². The summed E-state index contributed by atoms with van der Waals surface area (Å²) in [5.74, 6) is 0. The third-order valence-corrected chi connectivity index (χ3v) is 11.9. The van der Waals surface area contributed by atoms with E-state index in [2.05, 4.69) is 235 Å². The minimum Gasteiger partial charge on any atom is -0.311 e. The second-order valence-corrected chi connectivity index (χ2v) is 15.2. The maximum atomic E-state index is 4.48. The Morgan fingerprint density at radius 3 is 1.75 bits per heavy atom. The van der Waals surface area contributed by atoms with Gasteiger partial charge in [-0.1, -0.05) is 184 Å². The van der Waals surface area contributed by atoms with Crippen molar-refractivity contribution in [1.82, 2.24) is 0 Å². The molecule has 292 valence electrons. The molecule has 7 aromatic rings. The lowest BCUT2D eigenvalue weighted by Gasteiger charge is -2.37. The van der Waals surface area contributed by atoms with E-state index in [0.29, 0.717) is 0 Å². The lowest BCUT2D eigenvalue weighted by Crippen LogP contribution is -2.29. The van der Waals surface area contributed by atoms with Crippen molar-refractivity contribution in [1.29, 1.82) is 0 Å². The smallest absolute Gasteiger partial charge is 0.0715 e. The minimum absolute atomic E-state index is 0.644. The van der Waals surface area contributed by atoms with Gasteiger partial charge in [0.2, 0.25) is 0 Å². The molecule has 2 heteroatoms.